The molecule has 0 heterocycles. The van der Waals surface area contributed by atoms with Crippen molar-refractivity contribution in [3.8, 4) is 0 Å². The third kappa shape index (κ3) is 8.33. The molecule has 0 bridgehead atoms. The molecular formula is C21H33NO6. The van der Waals surface area contributed by atoms with Crippen LogP contribution in [0.25, 0.3) is 0 Å². The van der Waals surface area contributed by atoms with Gasteiger partial charge >= 0.3 is 5.97 Å². The highest BCUT2D eigenvalue weighted by Crippen LogP contribution is 2.42. The SMILES string of the molecule is CC=CC[C@H](CC(=O)O)C1C(=O)CC(C[N+](=O)[O-])C1C=CCCCCCCO. The van der Waals surface area contributed by atoms with Crippen LogP contribution in [0.15, 0.2) is 24.3 Å². The summed E-state index contributed by atoms with van der Waals surface area (Å²) >= 11 is 0. The first-order valence-corrected chi connectivity index (χ1v) is 10.2. The lowest BCUT2D eigenvalue weighted by atomic mass is 9.77. The topological polar surface area (TPSA) is 118 Å². The number of hydrogen-bond donors (Lipinski definition) is 2. The summed E-state index contributed by atoms with van der Waals surface area (Å²) < 4.78 is 0. The zero-order valence-corrected chi connectivity index (χ0v) is 16.7. The molecule has 1 saturated carbocycles. The number of rotatable bonds is 14. The van der Waals surface area contributed by atoms with Crippen LogP contribution in [0, 0.1) is 33.8 Å². The van der Waals surface area contributed by atoms with Crippen molar-refractivity contribution < 1.29 is 24.7 Å². The van der Waals surface area contributed by atoms with Gasteiger partial charge in [0.05, 0.1) is 0 Å². The van der Waals surface area contributed by atoms with E-state index in [0.29, 0.717) is 6.42 Å². The van der Waals surface area contributed by atoms with Crippen LogP contribution < -0.4 is 0 Å². The highest BCUT2D eigenvalue weighted by atomic mass is 16.6. The number of aliphatic hydroxyl groups excluding tert-OH is 1. The standard InChI is InChI=1S/C21H33NO6/c1-2-3-10-16(14-20(25)26)21-18(11-8-6-4-5-7-9-12-23)17(13-19(21)24)15-22(27)28/h2-3,8,11,16-18,21,23H,4-7,9-10,12-15H2,1H3,(H,25,26)/t16-,17?,18?,21?/m1/s1. The summed E-state index contributed by atoms with van der Waals surface area (Å²) in [6, 6.07) is 0. The number of Topliss-reactive ketones (excluding diaryl/α,β-unsaturated/α-hetero) is 1. The van der Waals surface area contributed by atoms with Crippen molar-refractivity contribution in [1.82, 2.24) is 0 Å². The third-order valence-electron chi connectivity index (χ3n) is 5.43. The van der Waals surface area contributed by atoms with E-state index in [9.17, 15) is 24.8 Å². The predicted octanol–water partition coefficient (Wildman–Crippen LogP) is 3.64. The highest BCUT2D eigenvalue weighted by molar-refractivity contribution is 5.85. The van der Waals surface area contributed by atoms with Gasteiger partial charge in [0.15, 0.2) is 0 Å². The number of carbonyl (C=O) groups is 2. The summed E-state index contributed by atoms with van der Waals surface area (Å²) in [5.41, 5.74) is 0. The van der Waals surface area contributed by atoms with E-state index in [0.717, 1.165) is 32.1 Å². The second kappa shape index (κ2) is 13.2. The molecule has 158 valence electrons. The Morgan fingerprint density at radius 1 is 1.29 bits per heavy atom. The van der Waals surface area contributed by atoms with Crippen molar-refractivity contribution in [2.24, 2.45) is 23.7 Å². The van der Waals surface area contributed by atoms with Crippen molar-refractivity contribution in [3.05, 3.63) is 34.4 Å². The lowest BCUT2D eigenvalue weighted by Gasteiger charge is -2.25. The number of hydrogen-bond acceptors (Lipinski definition) is 5. The molecule has 28 heavy (non-hydrogen) atoms. The molecule has 1 aliphatic rings. The van der Waals surface area contributed by atoms with Gasteiger partial charge in [0, 0.05) is 36.2 Å². The van der Waals surface area contributed by atoms with Gasteiger partial charge in [-0.3, -0.25) is 19.7 Å². The van der Waals surface area contributed by atoms with Crippen LogP contribution >= 0.6 is 0 Å². The van der Waals surface area contributed by atoms with Crippen LogP contribution in [0.1, 0.15) is 58.3 Å². The monoisotopic (exact) mass is 395 g/mol. The van der Waals surface area contributed by atoms with Crippen molar-refractivity contribution in [3.63, 3.8) is 0 Å². The molecule has 1 rings (SSSR count). The Morgan fingerprint density at radius 2 is 2.00 bits per heavy atom. The Balaban J connectivity index is 2.90. The number of allylic oxidation sites excluding steroid dienone is 4. The van der Waals surface area contributed by atoms with Crippen molar-refractivity contribution >= 4 is 11.8 Å². The van der Waals surface area contributed by atoms with Gasteiger partial charge in [-0.25, -0.2) is 0 Å². The van der Waals surface area contributed by atoms with E-state index in [1.54, 1.807) is 0 Å². The summed E-state index contributed by atoms with van der Waals surface area (Å²) in [4.78, 5) is 34.7. The number of carbonyl (C=O) groups excluding carboxylic acids is 1. The summed E-state index contributed by atoms with van der Waals surface area (Å²) in [6.45, 7) is 1.77. The zero-order chi connectivity index (χ0) is 20.9. The van der Waals surface area contributed by atoms with Gasteiger partial charge in [0.1, 0.15) is 5.78 Å². The number of nitrogens with zero attached hydrogens (tertiary/aromatic N) is 1. The second-order valence-corrected chi connectivity index (χ2v) is 7.57. The Hall–Kier alpha value is -2.02. The van der Waals surface area contributed by atoms with Crippen LogP contribution in [0.4, 0.5) is 0 Å². The van der Waals surface area contributed by atoms with E-state index >= 15 is 0 Å². The normalized spacial score (nSPS) is 23.6. The molecule has 1 aliphatic carbocycles. The Morgan fingerprint density at radius 3 is 2.61 bits per heavy atom. The van der Waals surface area contributed by atoms with Crippen molar-refractivity contribution in [2.45, 2.75) is 58.3 Å². The van der Waals surface area contributed by atoms with Gasteiger partial charge in [0.2, 0.25) is 6.54 Å². The van der Waals surface area contributed by atoms with Gasteiger partial charge in [-0.15, -0.1) is 0 Å². The molecule has 2 N–H and O–H groups in total. The fourth-order valence-corrected chi connectivity index (χ4v) is 4.14. The van der Waals surface area contributed by atoms with Gasteiger partial charge in [-0.1, -0.05) is 37.1 Å². The number of ketones is 1. The number of unbranched alkanes of at least 4 members (excludes halogenated alkanes) is 4. The lowest BCUT2D eigenvalue weighted by molar-refractivity contribution is -0.489. The maximum Gasteiger partial charge on any atom is 0.303 e. The maximum atomic E-state index is 12.7. The average Bonchev–Trinajstić information content (AvgIpc) is 2.92. The molecule has 0 amide bonds. The summed E-state index contributed by atoms with van der Waals surface area (Å²) in [7, 11) is 0. The van der Waals surface area contributed by atoms with Crippen LogP contribution in [0.5, 0.6) is 0 Å². The first-order valence-electron chi connectivity index (χ1n) is 10.2. The number of nitro groups is 1. The third-order valence-corrected chi connectivity index (χ3v) is 5.43. The van der Waals surface area contributed by atoms with E-state index in [-0.39, 0.29) is 54.5 Å². The van der Waals surface area contributed by atoms with Crippen LogP contribution in [-0.2, 0) is 9.59 Å². The number of carboxylic acids is 1. The van der Waals surface area contributed by atoms with Crippen molar-refractivity contribution in [2.75, 3.05) is 13.2 Å². The van der Waals surface area contributed by atoms with E-state index < -0.39 is 11.9 Å². The van der Waals surface area contributed by atoms with Gasteiger partial charge in [0.25, 0.3) is 0 Å². The molecule has 7 nitrogen and oxygen atoms in total. The Bertz CT molecular complexity index is 571. The summed E-state index contributed by atoms with van der Waals surface area (Å²) in [6.07, 6.45) is 12.6. The largest absolute Gasteiger partial charge is 0.481 e. The first-order chi connectivity index (χ1) is 13.4. The molecule has 0 saturated heterocycles. The Labute approximate surface area is 166 Å². The van der Waals surface area contributed by atoms with Crippen molar-refractivity contribution in [1.29, 1.82) is 0 Å². The van der Waals surface area contributed by atoms with E-state index in [4.69, 9.17) is 5.11 Å². The zero-order valence-electron chi connectivity index (χ0n) is 16.7. The van der Waals surface area contributed by atoms with E-state index in [2.05, 4.69) is 0 Å². The van der Waals surface area contributed by atoms with Crippen LogP contribution in [-0.4, -0.2) is 40.0 Å². The van der Waals surface area contributed by atoms with E-state index in [1.165, 1.54) is 0 Å². The lowest BCUT2D eigenvalue weighted by Crippen LogP contribution is -2.28. The minimum Gasteiger partial charge on any atom is -0.481 e. The quantitative estimate of drug-likeness (QED) is 0.201. The molecule has 0 aliphatic heterocycles. The highest BCUT2D eigenvalue weighted by Gasteiger charge is 2.46. The smallest absolute Gasteiger partial charge is 0.303 e. The molecule has 7 heteroatoms. The molecular weight excluding hydrogens is 362 g/mol. The van der Waals surface area contributed by atoms with Crippen LogP contribution in [0.3, 0.4) is 0 Å². The molecule has 4 atom stereocenters. The number of aliphatic carboxylic acids is 1. The first kappa shape index (κ1) is 24.0. The molecule has 0 radical (unpaired) electrons. The molecule has 0 aromatic carbocycles. The predicted molar refractivity (Wildman–Crippen MR) is 106 cm³/mol. The molecule has 0 aromatic rings. The fraction of sp³-hybridized carbons (Fsp3) is 0.714. The molecule has 0 aromatic heterocycles. The maximum absolute atomic E-state index is 12.7. The fourth-order valence-electron chi connectivity index (χ4n) is 4.14. The minimum absolute atomic E-state index is 0.0554. The molecule has 3 unspecified atom stereocenters. The summed E-state index contributed by atoms with van der Waals surface area (Å²) in [5, 5.41) is 29.1. The van der Waals surface area contributed by atoms with Gasteiger partial charge in [-0.2, -0.15) is 0 Å². The van der Waals surface area contributed by atoms with Crippen LogP contribution in [0.2, 0.25) is 0 Å². The minimum atomic E-state index is -0.952. The second-order valence-electron chi connectivity index (χ2n) is 7.57. The van der Waals surface area contributed by atoms with E-state index in [1.807, 2.05) is 31.2 Å². The average molecular weight is 395 g/mol. The molecule has 0 spiro atoms. The number of carboxylic acid groups (broad SMARTS) is 1. The molecule has 1 fully saturated rings. The number of aliphatic hydroxyl groups is 1. The summed E-state index contributed by atoms with van der Waals surface area (Å²) in [5.74, 6) is -2.50. The van der Waals surface area contributed by atoms with Gasteiger partial charge in [-0.05, 0) is 44.4 Å². The Kier molecular flexibility index (Phi) is 11.3. The van der Waals surface area contributed by atoms with Gasteiger partial charge < -0.3 is 10.2 Å².